The maximum absolute atomic E-state index is 11.7. The maximum atomic E-state index is 11.7. The van der Waals surface area contributed by atoms with Gasteiger partial charge in [0, 0.05) is 23.5 Å². The van der Waals surface area contributed by atoms with E-state index in [9.17, 15) is 9.90 Å². The number of alkyl carbamates (subject to hydrolysis) is 1. The molecule has 0 spiro atoms. The Kier molecular flexibility index (Phi) is 4.99. The molecule has 1 rings (SSSR count). The zero-order valence-electron chi connectivity index (χ0n) is 11.3. The van der Waals surface area contributed by atoms with Crippen LogP contribution >= 0.6 is 0 Å². The molecular formula is C11H20N4O4. The van der Waals surface area contributed by atoms with E-state index in [1.807, 2.05) is 0 Å². The molecule has 108 valence electrons. The first-order valence-electron chi connectivity index (χ1n) is 6.11. The Balaban J connectivity index is 2.70. The monoisotopic (exact) mass is 272 g/mol. The highest BCUT2D eigenvalue weighted by molar-refractivity contribution is 5.68. The summed E-state index contributed by atoms with van der Waals surface area (Å²) < 4.78 is 5.10. The van der Waals surface area contributed by atoms with Gasteiger partial charge in [-0.05, 0) is 32.7 Å². The molecule has 4 atom stereocenters. The lowest BCUT2D eigenvalue weighted by Crippen LogP contribution is -2.44. The average Bonchev–Trinajstić information content (AvgIpc) is 2.55. The van der Waals surface area contributed by atoms with Crippen LogP contribution in [0.5, 0.6) is 0 Å². The fraction of sp³-hybridized carbons (Fsp3) is 0.909. The Morgan fingerprint density at radius 2 is 2.21 bits per heavy atom. The van der Waals surface area contributed by atoms with Crippen LogP contribution in [0.4, 0.5) is 4.79 Å². The standard InChI is InChI=1S/C11H20N4O4/c1-11(2,3)19-10(18)13-7-4-6(5-16)9(17)8(7)14-15-12/h6-9,16-17H,4-5H2,1-3H3,(H,13,18)/t6-,7-,8-,9-/m0/s1. The molecule has 0 aromatic rings. The molecule has 0 aliphatic heterocycles. The van der Waals surface area contributed by atoms with Crippen LogP contribution in [0.15, 0.2) is 5.11 Å². The molecule has 0 unspecified atom stereocenters. The molecule has 0 saturated heterocycles. The normalized spacial score (nSPS) is 30.6. The highest BCUT2D eigenvalue weighted by atomic mass is 16.6. The van der Waals surface area contributed by atoms with Crippen molar-refractivity contribution in [2.24, 2.45) is 11.0 Å². The number of hydrogen-bond acceptors (Lipinski definition) is 5. The molecule has 0 aromatic heterocycles. The number of carbonyl (C=O) groups excluding carboxylic acids is 1. The van der Waals surface area contributed by atoms with Gasteiger partial charge in [-0.3, -0.25) is 0 Å². The van der Waals surface area contributed by atoms with Crippen LogP contribution in [0.2, 0.25) is 0 Å². The van der Waals surface area contributed by atoms with Crippen LogP contribution < -0.4 is 5.32 Å². The summed E-state index contributed by atoms with van der Waals surface area (Å²) in [7, 11) is 0. The lowest BCUT2D eigenvalue weighted by Gasteiger charge is -2.23. The molecule has 1 aliphatic rings. The van der Waals surface area contributed by atoms with Crippen molar-refractivity contribution in [3.05, 3.63) is 10.4 Å². The lowest BCUT2D eigenvalue weighted by atomic mass is 10.1. The lowest BCUT2D eigenvalue weighted by molar-refractivity contribution is 0.0494. The molecule has 0 bridgehead atoms. The van der Waals surface area contributed by atoms with Crippen LogP contribution in [0.1, 0.15) is 27.2 Å². The summed E-state index contributed by atoms with van der Waals surface area (Å²) in [6.07, 6.45) is -1.28. The molecule has 1 saturated carbocycles. The summed E-state index contributed by atoms with van der Waals surface area (Å²) in [6.45, 7) is 4.97. The number of amides is 1. The van der Waals surface area contributed by atoms with Gasteiger partial charge < -0.3 is 20.3 Å². The Morgan fingerprint density at radius 3 is 2.68 bits per heavy atom. The minimum Gasteiger partial charge on any atom is -0.444 e. The number of nitrogens with one attached hydrogen (secondary N) is 1. The summed E-state index contributed by atoms with van der Waals surface area (Å²) in [4.78, 5) is 14.3. The first kappa shape index (κ1) is 15.6. The van der Waals surface area contributed by atoms with E-state index in [1.54, 1.807) is 20.8 Å². The van der Waals surface area contributed by atoms with Crippen molar-refractivity contribution in [1.82, 2.24) is 5.32 Å². The summed E-state index contributed by atoms with van der Waals surface area (Å²) >= 11 is 0. The summed E-state index contributed by atoms with van der Waals surface area (Å²) in [5.74, 6) is -0.421. The predicted octanol–water partition coefficient (Wildman–Crippen LogP) is 0.932. The number of nitrogens with zero attached hydrogens (tertiary/aromatic N) is 3. The number of aliphatic hydroxyl groups is 2. The maximum Gasteiger partial charge on any atom is 0.407 e. The van der Waals surface area contributed by atoms with Crippen molar-refractivity contribution in [2.75, 3.05) is 6.61 Å². The van der Waals surface area contributed by atoms with Crippen LogP contribution in [-0.4, -0.2) is 46.7 Å². The zero-order chi connectivity index (χ0) is 14.6. The molecular weight excluding hydrogens is 252 g/mol. The quantitative estimate of drug-likeness (QED) is 0.401. The van der Waals surface area contributed by atoms with Gasteiger partial charge in [0.05, 0.1) is 12.1 Å². The molecule has 1 amide bonds. The highest BCUT2D eigenvalue weighted by Crippen LogP contribution is 2.29. The molecule has 0 aromatic carbocycles. The Bertz CT molecular complexity index is 375. The average molecular weight is 272 g/mol. The van der Waals surface area contributed by atoms with E-state index in [0.29, 0.717) is 6.42 Å². The number of hydrogen-bond donors (Lipinski definition) is 3. The van der Waals surface area contributed by atoms with E-state index in [1.165, 1.54) is 0 Å². The Morgan fingerprint density at radius 1 is 1.58 bits per heavy atom. The second-order valence-electron chi connectivity index (χ2n) is 5.62. The summed E-state index contributed by atoms with van der Waals surface area (Å²) in [5.41, 5.74) is 7.85. The predicted molar refractivity (Wildman–Crippen MR) is 67.3 cm³/mol. The SMILES string of the molecule is CC(C)(C)OC(=O)N[C@H]1C[C@@H](CO)[C@H](O)[C@H]1N=[N+]=[N-]. The van der Waals surface area contributed by atoms with E-state index in [2.05, 4.69) is 15.3 Å². The van der Waals surface area contributed by atoms with Gasteiger partial charge in [-0.1, -0.05) is 5.11 Å². The van der Waals surface area contributed by atoms with Crippen molar-refractivity contribution < 1.29 is 19.7 Å². The smallest absolute Gasteiger partial charge is 0.407 e. The third kappa shape index (κ3) is 4.27. The van der Waals surface area contributed by atoms with Crippen LogP contribution in [-0.2, 0) is 4.74 Å². The number of aliphatic hydroxyl groups excluding tert-OH is 2. The van der Waals surface area contributed by atoms with Gasteiger partial charge in [-0.2, -0.15) is 0 Å². The van der Waals surface area contributed by atoms with E-state index in [4.69, 9.17) is 15.4 Å². The second-order valence-corrected chi connectivity index (χ2v) is 5.62. The van der Waals surface area contributed by atoms with Gasteiger partial charge in [0.2, 0.25) is 0 Å². The van der Waals surface area contributed by atoms with E-state index in [-0.39, 0.29) is 6.61 Å². The number of azide groups is 1. The van der Waals surface area contributed by atoms with E-state index in [0.717, 1.165) is 0 Å². The summed E-state index contributed by atoms with van der Waals surface area (Å²) in [6, 6.07) is -1.34. The van der Waals surface area contributed by atoms with Crippen molar-refractivity contribution in [1.29, 1.82) is 0 Å². The minimum absolute atomic E-state index is 0.231. The molecule has 1 fully saturated rings. The summed E-state index contributed by atoms with van der Waals surface area (Å²) in [5, 5.41) is 25.1. The molecule has 8 heteroatoms. The third-order valence-corrected chi connectivity index (χ3v) is 2.92. The molecule has 3 N–H and O–H groups in total. The molecule has 0 heterocycles. The van der Waals surface area contributed by atoms with Crippen molar-refractivity contribution in [3.63, 3.8) is 0 Å². The minimum atomic E-state index is -0.971. The molecule has 19 heavy (non-hydrogen) atoms. The van der Waals surface area contributed by atoms with Crippen LogP contribution in [0.3, 0.4) is 0 Å². The topological polar surface area (TPSA) is 128 Å². The van der Waals surface area contributed by atoms with Crippen molar-refractivity contribution in [3.8, 4) is 0 Å². The number of carbonyl (C=O) groups is 1. The fourth-order valence-corrected chi connectivity index (χ4v) is 2.12. The number of rotatable bonds is 3. The first-order chi connectivity index (χ1) is 8.78. The van der Waals surface area contributed by atoms with Gasteiger partial charge in [0.1, 0.15) is 5.60 Å². The second kappa shape index (κ2) is 6.10. The van der Waals surface area contributed by atoms with E-state index < -0.39 is 35.8 Å². The molecule has 0 radical (unpaired) electrons. The molecule has 8 nitrogen and oxygen atoms in total. The Hall–Kier alpha value is -1.50. The van der Waals surface area contributed by atoms with Gasteiger partial charge in [-0.15, -0.1) is 0 Å². The van der Waals surface area contributed by atoms with Gasteiger partial charge in [0.25, 0.3) is 0 Å². The van der Waals surface area contributed by atoms with Crippen molar-refractivity contribution in [2.45, 2.75) is 51.0 Å². The number of ether oxygens (including phenoxy) is 1. The van der Waals surface area contributed by atoms with Gasteiger partial charge in [0.15, 0.2) is 0 Å². The van der Waals surface area contributed by atoms with Gasteiger partial charge >= 0.3 is 6.09 Å². The van der Waals surface area contributed by atoms with Crippen molar-refractivity contribution >= 4 is 6.09 Å². The first-order valence-corrected chi connectivity index (χ1v) is 6.11. The third-order valence-electron chi connectivity index (χ3n) is 2.92. The van der Waals surface area contributed by atoms with E-state index >= 15 is 0 Å². The largest absolute Gasteiger partial charge is 0.444 e. The van der Waals surface area contributed by atoms with Crippen LogP contribution in [0.25, 0.3) is 10.4 Å². The molecule has 1 aliphatic carbocycles. The van der Waals surface area contributed by atoms with Gasteiger partial charge in [-0.25, -0.2) is 4.79 Å². The zero-order valence-corrected chi connectivity index (χ0v) is 11.3. The van der Waals surface area contributed by atoms with Crippen LogP contribution in [0, 0.1) is 5.92 Å². The fourth-order valence-electron chi connectivity index (χ4n) is 2.12. The highest BCUT2D eigenvalue weighted by Gasteiger charge is 2.42. The Labute approximate surface area is 111 Å².